The van der Waals surface area contributed by atoms with Crippen molar-refractivity contribution in [3.8, 4) is 5.75 Å². The number of rotatable bonds is 12. The van der Waals surface area contributed by atoms with Crippen molar-refractivity contribution in [2.75, 3.05) is 18.0 Å². The van der Waals surface area contributed by atoms with E-state index in [1.807, 2.05) is 38.1 Å². The van der Waals surface area contributed by atoms with Gasteiger partial charge in [0.2, 0.25) is 11.8 Å². The summed E-state index contributed by atoms with van der Waals surface area (Å²) in [4.78, 5) is 29.3. The number of methoxy groups -OCH3 is 1. The van der Waals surface area contributed by atoms with Crippen molar-refractivity contribution in [2.24, 2.45) is 0 Å². The van der Waals surface area contributed by atoms with E-state index in [1.165, 1.54) is 24.1 Å². The summed E-state index contributed by atoms with van der Waals surface area (Å²) >= 11 is 0. The molecule has 1 aliphatic carbocycles. The normalized spacial score (nSPS) is 14.3. The summed E-state index contributed by atoms with van der Waals surface area (Å²) in [6.07, 6.45) is 4.37. The third-order valence-corrected chi connectivity index (χ3v) is 9.30. The lowest BCUT2D eigenvalue weighted by atomic mass is 10.1. The summed E-state index contributed by atoms with van der Waals surface area (Å²) in [6.45, 7) is 3.51. The Bertz CT molecular complexity index is 1420. The third-order valence-electron chi connectivity index (χ3n) is 7.52. The SMILES string of the molecule is CC[C@H](C(=O)NC1CCCC1)N(Cc1ccc(C)cc1)C(=O)CN(c1ccccc1OC)S(=O)(=O)c1ccccc1. The smallest absolute Gasteiger partial charge is 0.264 e. The van der Waals surface area contributed by atoms with E-state index in [0.29, 0.717) is 12.2 Å². The van der Waals surface area contributed by atoms with Gasteiger partial charge < -0.3 is 15.0 Å². The summed E-state index contributed by atoms with van der Waals surface area (Å²) in [7, 11) is -2.70. The summed E-state index contributed by atoms with van der Waals surface area (Å²) in [5, 5.41) is 3.13. The predicted molar refractivity (Wildman–Crippen MR) is 160 cm³/mol. The van der Waals surface area contributed by atoms with Crippen LogP contribution in [0, 0.1) is 6.92 Å². The summed E-state index contributed by atoms with van der Waals surface area (Å²) in [5.41, 5.74) is 2.17. The quantitative estimate of drug-likeness (QED) is 0.325. The van der Waals surface area contributed by atoms with Gasteiger partial charge >= 0.3 is 0 Å². The maximum atomic E-state index is 14.2. The van der Waals surface area contributed by atoms with Crippen molar-refractivity contribution in [3.05, 3.63) is 90.0 Å². The van der Waals surface area contributed by atoms with E-state index in [1.54, 1.807) is 42.5 Å². The number of para-hydroxylation sites is 2. The Morgan fingerprint density at radius 3 is 2.22 bits per heavy atom. The van der Waals surface area contributed by atoms with Gasteiger partial charge in [-0.25, -0.2) is 8.42 Å². The maximum absolute atomic E-state index is 14.2. The highest BCUT2D eigenvalue weighted by molar-refractivity contribution is 7.92. The van der Waals surface area contributed by atoms with Gasteiger partial charge in [-0.05, 0) is 56.0 Å². The second-order valence-electron chi connectivity index (χ2n) is 10.4. The molecule has 0 heterocycles. The van der Waals surface area contributed by atoms with E-state index >= 15 is 0 Å². The highest BCUT2D eigenvalue weighted by atomic mass is 32.2. The molecule has 2 amide bonds. The molecule has 0 bridgehead atoms. The minimum absolute atomic E-state index is 0.0507. The molecule has 0 radical (unpaired) electrons. The number of aryl methyl sites for hydroxylation is 1. The number of nitrogens with zero attached hydrogens (tertiary/aromatic N) is 2. The first kappa shape index (κ1) is 30.1. The number of sulfonamides is 1. The average molecular weight is 578 g/mol. The van der Waals surface area contributed by atoms with Crippen LogP contribution in [-0.4, -0.2) is 50.9 Å². The van der Waals surface area contributed by atoms with Crippen molar-refractivity contribution in [2.45, 2.75) is 69.5 Å². The first-order chi connectivity index (χ1) is 19.7. The van der Waals surface area contributed by atoms with Gasteiger partial charge in [-0.3, -0.25) is 13.9 Å². The van der Waals surface area contributed by atoms with Crippen LogP contribution in [-0.2, 0) is 26.2 Å². The van der Waals surface area contributed by atoms with Crippen LogP contribution in [0.15, 0.2) is 83.8 Å². The minimum Gasteiger partial charge on any atom is -0.495 e. The molecule has 41 heavy (non-hydrogen) atoms. The van der Waals surface area contributed by atoms with Gasteiger partial charge in [-0.1, -0.05) is 79.9 Å². The van der Waals surface area contributed by atoms with E-state index in [0.717, 1.165) is 41.1 Å². The standard InChI is InChI=1S/C32H39N3O5S/c1-4-28(32(37)33-26-12-8-9-13-26)34(22-25-20-18-24(2)19-21-25)31(36)23-35(29-16-10-11-17-30(29)40-3)41(38,39)27-14-6-5-7-15-27/h5-7,10-11,14-21,26,28H,4,8-9,12-13,22-23H2,1-3H3,(H,33,37)/t28-/m1/s1. The molecule has 9 heteroatoms. The van der Waals surface area contributed by atoms with Gasteiger partial charge in [0.25, 0.3) is 10.0 Å². The molecule has 1 fully saturated rings. The molecule has 3 aromatic carbocycles. The monoisotopic (exact) mass is 577 g/mol. The molecule has 0 unspecified atom stereocenters. The lowest BCUT2D eigenvalue weighted by molar-refractivity contribution is -0.140. The van der Waals surface area contributed by atoms with Crippen LogP contribution >= 0.6 is 0 Å². The molecule has 0 saturated heterocycles. The second-order valence-corrected chi connectivity index (χ2v) is 12.3. The fourth-order valence-corrected chi connectivity index (χ4v) is 6.69. The summed E-state index contributed by atoms with van der Waals surface area (Å²) in [6, 6.07) is 21.8. The number of carbonyl (C=O) groups is 2. The second kappa shape index (κ2) is 13.7. The minimum atomic E-state index is -4.16. The number of benzene rings is 3. The van der Waals surface area contributed by atoms with Crippen LogP contribution in [0.2, 0.25) is 0 Å². The van der Waals surface area contributed by atoms with Crippen LogP contribution in [0.25, 0.3) is 0 Å². The lowest BCUT2D eigenvalue weighted by Gasteiger charge is -2.34. The van der Waals surface area contributed by atoms with Crippen molar-refractivity contribution in [1.29, 1.82) is 0 Å². The molecule has 8 nitrogen and oxygen atoms in total. The van der Waals surface area contributed by atoms with Gasteiger partial charge in [0.15, 0.2) is 0 Å². The molecule has 0 aromatic heterocycles. The largest absolute Gasteiger partial charge is 0.495 e. The first-order valence-electron chi connectivity index (χ1n) is 14.1. The Morgan fingerprint density at radius 1 is 0.951 bits per heavy atom. The average Bonchev–Trinajstić information content (AvgIpc) is 3.50. The van der Waals surface area contributed by atoms with Crippen LogP contribution in [0.3, 0.4) is 0 Å². The number of hydrogen-bond acceptors (Lipinski definition) is 5. The van der Waals surface area contributed by atoms with E-state index < -0.39 is 28.5 Å². The van der Waals surface area contributed by atoms with Gasteiger partial charge in [-0.2, -0.15) is 0 Å². The molecule has 1 aliphatic rings. The maximum Gasteiger partial charge on any atom is 0.264 e. The van der Waals surface area contributed by atoms with E-state index in [2.05, 4.69) is 5.32 Å². The fourth-order valence-electron chi connectivity index (χ4n) is 5.25. The van der Waals surface area contributed by atoms with E-state index in [9.17, 15) is 18.0 Å². The number of anilines is 1. The van der Waals surface area contributed by atoms with Gasteiger partial charge in [0, 0.05) is 12.6 Å². The van der Waals surface area contributed by atoms with Crippen LogP contribution in [0.1, 0.15) is 50.2 Å². The zero-order valence-electron chi connectivity index (χ0n) is 24.0. The molecule has 1 atom stereocenters. The number of nitrogens with one attached hydrogen (secondary N) is 1. The Morgan fingerprint density at radius 2 is 1.59 bits per heavy atom. The number of ether oxygens (including phenoxy) is 1. The molecule has 218 valence electrons. The number of amides is 2. The first-order valence-corrected chi connectivity index (χ1v) is 15.5. The molecule has 0 aliphatic heterocycles. The van der Waals surface area contributed by atoms with Crippen LogP contribution < -0.4 is 14.4 Å². The Labute approximate surface area is 243 Å². The van der Waals surface area contributed by atoms with Crippen LogP contribution in [0.5, 0.6) is 5.75 Å². The van der Waals surface area contributed by atoms with Crippen molar-refractivity contribution < 1.29 is 22.7 Å². The molecule has 1 saturated carbocycles. The Kier molecular flexibility index (Phi) is 10.0. The van der Waals surface area contributed by atoms with Crippen molar-refractivity contribution in [3.63, 3.8) is 0 Å². The predicted octanol–water partition coefficient (Wildman–Crippen LogP) is 5.07. The Hall–Kier alpha value is -3.85. The van der Waals surface area contributed by atoms with Crippen LogP contribution in [0.4, 0.5) is 5.69 Å². The fraction of sp³-hybridized carbons (Fsp3) is 0.375. The van der Waals surface area contributed by atoms with Gasteiger partial charge in [-0.15, -0.1) is 0 Å². The molecular formula is C32H39N3O5S. The lowest BCUT2D eigenvalue weighted by Crippen LogP contribution is -2.53. The van der Waals surface area contributed by atoms with Gasteiger partial charge in [0.1, 0.15) is 18.3 Å². The molecule has 3 aromatic rings. The summed E-state index contributed by atoms with van der Waals surface area (Å²) < 4.78 is 34.5. The third kappa shape index (κ3) is 7.27. The Balaban J connectivity index is 1.73. The van der Waals surface area contributed by atoms with E-state index in [4.69, 9.17) is 4.74 Å². The number of hydrogen-bond donors (Lipinski definition) is 1. The molecule has 1 N–H and O–H groups in total. The molecule has 4 rings (SSSR count). The highest BCUT2D eigenvalue weighted by Crippen LogP contribution is 2.32. The highest BCUT2D eigenvalue weighted by Gasteiger charge is 2.35. The number of carbonyl (C=O) groups excluding carboxylic acids is 2. The van der Waals surface area contributed by atoms with E-state index in [-0.39, 0.29) is 29.1 Å². The summed E-state index contributed by atoms with van der Waals surface area (Å²) in [5.74, 6) is -0.380. The van der Waals surface area contributed by atoms with Gasteiger partial charge in [0.05, 0.1) is 17.7 Å². The molecule has 0 spiro atoms. The van der Waals surface area contributed by atoms with Crippen molar-refractivity contribution in [1.82, 2.24) is 10.2 Å². The topological polar surface area (TPSA) is 96.0 Å². The zero-order valence-corrected chi connectivity index (χ0v) is 24.8. The molecular weight excluding hydrogens is 538 g/mol. The van der Waals surface area contributed by atoms with Crippen molar-refractivity contribution >= 4 is 27.5 Å². The zero-order chi connectivity index (χ0) is 29.4.